The van der Waals surface area contributed by atoms with Crippen LogP contribution in [0.3, 0.4) is 0 Å². The maximum Gasteiger partial charge on any atom is 0.408 e. The van der Waals surface area contributed by atoms with Crippen molar-refractivity contribution < 1.29 is 24.2 Å². The van der Waals surface area contributed by atoms with E-state index in [-0.39, 0.29) is 24.8 Å². The van der Waals surface area contributed by atoms with Gasteiger partial charge in [0.15, 0.2) is 0 Å². The number of phenols is 1. The number of rotatable bonds is 11. The molecule has 0 saturated carbocycles. The highest BCUT2D eigenvalue weighted by molar-refractivity contribution is 5.92. The summed E-state index contributed by atoms with van der Waals surface area (Å²) in [5, 5.41) is 15.8. The van der Waals surface area contributed by atoms with Gasteiger partial charge in [-0.05, 0) is 62.4 Å². The minimum absolute atomic E-state index is 0.0606. The van der Waals surface area contributed by atoms with Crippen LogP contribution >= 0.6 is 0 Å². The van der Waals surface area contributed by atoms with Crippen LogP contribution < -0.4 is 10.6 Å². The smallest absolute Gasteiger partial charge is 0.408 e. The highest BCUT2D eigenvalue weighted by atomic mass is 16.6. The van der Waals surface area contributed by atoms with Crippen LogP contribution in [-0.2, 0) is 20.9 Å². The first kappa shape index (κ1) is 30.4. The molecule has 3 N–H and O–H groups in total. The molecule has 38 heavy (non-hydrogen) atoms. The molecular formula is C30H41N3O5. The van der Waals surface area contributed by atoms with Gasteiger partial charge in [0.25, 0.3) is 0 Å². The second-order valence-corrected chi connectivity index (χ2v) is 10.4. The van der Waals surface area contributed by atoms with Crippen molar-refractivity contribution in [1.29, 1.82) is 0 Å². The van der Waals surface area contributed by atoms with E-state index >= 15 is 0 Å². The molecule has 0 saturated heterocycles. The SMILES string of the molecule is C=CCN(C(=O)C(NC(=O)OC(C)(C)C)C(C)CC)C(C(=O)NCc1ccccc1)c1ccc(O)c(C)c1. The number of carbonyl (C=O) groups excluding carboxylic acids is 3. The van der Waals surface area contributed by atoms with Crippen molar-refractivity contribution >= 4 is 17.9 Å². The predicted molar refractivity (Wildman–Crippen MR) is 148 cm³/mol. The lowest BCUT2D eigenvalue weighted by Gasteiger charge is -2.35. The van der Waals surface area contributed by atoms with Crippen LogP contribution in [0.1, 0.15) is 63.8 Å². The topological polar surface area (TPSA) is 108 Å². The molecule has 206 valence electrons. The van der Waals surface area contributed by atoms with Crippen molar-refractivity contribution in [2.75, 3.05) is 6.54 Å². The number of alkyl carbamates (subject to hydrolysis) is 1. The van der Waals surface area contributed by atoms with E-state index in [2.05, 4.69) is 17.2 Å². The molecule has 0 spiro atoms. The van der Waals surface area contributed by atoms with Crippen molar-refractivity contribution in [3.05, 3.63) is 77.9 Å². The van der Waals surface area contributed by atoms with E-state index in [1.54, 1.807) is 45.9 Å². The lowest BCUT2D eigenvalue weighted by atomic mass is 9.95. The Morgan fingerprint density at radius 2 is 1.79 bits per heavy atom. The van der Waals surface area contributed by atoms with Crippen LogP contribution in [0.25, 0.3) is 0 Å². The molecule has 0 fully saturated rings. The van der Waals surface area contributed by atoms with E-state index in [4.69, 9.17) is 4.74 Å². The molecule has 3 amide bonds. The quantitative estimate of drug-likeness (QED) is 0.359. The van der Waals surface area contributed by atoms with Crippen molar-refractivity contribution in [1.82, 2.24) is 15.5 Å². The van der Waals surface area contributed by atoms with Crippen LogP contribution in [0, 0.1) is 12.8 Å². The summed E-state index contributed by atoms with van der Waals surface area (Å²) in [5.41, 5.74) is 1.27. The molecule has 0 radical (unpaired) electrons. The summed E-state index contributed by atoms with van der Waals surface area (Å²) >= 11 is 0. The van der Waals surface area contributed by atoms with Crippen LogP contribution in [0.4, 0.5) is 4.79 Å². The van der Waals surface area contributed by atoms with E-state index in [0.717, 1.165) is 5.56 Å². The molecule has 2 rings (SSSR count). The number of hydrogen-bond donors (Lipinski definition) is 3. The molecule has 0 aliphatic rings. The van der Waals surface area contributed by atoms with Crippen LogP contribution in [0.15, 0.2) is 61.2 Å². The minimum atomic E-state index is -1.03. The van der Waals surface area contributed by atoms with Gasteiger partial charge in [-0.3, -0.25) is 9.59 Å². The van der Waals surface area contributed by atoms with Crippen molar-refractivity contribution in [2.45, 2.75) is 72.2 Å². The fraction of sp³-hybridized carbons (Fsp3) is 0.433. The van der Waals surface area contributed by atoms with Gasteiger partial charge in [0, 0.05) is 13.1 Å². The molecule has 8 heteroatoms. The third-order valence-corrected chi connectivity index (χ3v) is 6.17. The lowest BCUT2D eigenvalue weighted by molar-refractivity contribution is -0.142. The van der Waals surface area contributed by atoms with Gasteiger partial charge in [0.2, 0.25) is 11.8 Å². The summed E-state index contributed by atoms with van der Waals surface area (Å²) in [7, 11) is 0. The zero-order valence-electron chi connectivity index (χ0n) is 23.3. The maximum atomic E-state index is 14.1. The zero-order chi connectivity index (χ0) is 28.5. The fourth-order valence-electron chi connectivity index (χ4n) is 3.96. The molecule has 8 nitrogen and oxygen atoms in total. The number of phenolic OH excluding ortho intramolecular Hbond substituents is 1. The van der Waals surface area contributed by atoms with Gasteiger partial charge < -0.3 is 25.4 Å². The molecule has 3 unspecified atom stereocenters. The second-order valence-electron chi connectivity index (χ2n) is 10.4. The summed E-state index contributed by atoms with van der Waals surface area (Å²) in [6.07, 6.45) is 1.45. The second kappa shape index (κ2) is 13.7. The monoisotopic (exact) mass is 523 g/mol. The van der Waals surface area contributed by atoms with E-state index in [0.29, 0.717) is 17.5 Å². The molecule has 0 aliphatic carbocycles. The van der Waals surface area contributed by atoms with E-state index in [9.17, 15) is 19.5 Å². The van der Waals surface area contributed by atoms with Gasteiger partial charge in [-0.15, -0.1) is 6.58 Å². The average Bonchev–Trinajstić information content (AvgIpc) is 2.86. The van der Waals surface area contributed by atoms with Crippen LogP contribution in [0.5, 0.6) is 5.75 Å². The van der Waals surface area contributed by atoms with Gasteiger partial charge in [0.1, 0.15) is 23.4 Å². The van der Waals surface area contributed by atoms with E-state index in [1.807, 2.05) is 44.2 Å². The van der Waals surface area contributed by atoms with Gasteiger partial charge in [-0.2, -0.15) is 0 Å². The molecule has 2 aromatic rings. The highest BCUT2D eigenvalue weighted by Crippen LogP contribution is 2.28. The normalized spacial score (nSPS) is 13.5. The Bertz CT molecular complexity index is 1110. The van der Waals surface area contributed by atoms with Crippen molar-refractivity contribution in [2.24, 2.45) is 5.92 Å². The van der Waals surface area contributed by atoms with Crippen molar-refractivity contribution in [3.63, 3.8) is 0 Å². The molecule has 3 atom stereocenters. The summed E-state index contributed by atoms with van der Waals surface area (Å²) in [5.74, 6) is -0.982. The van der Waals surface area contributed by atoms with Crippen LogP contribution in [0.2, 0.25) is 0 Å². The Morgan fingerprint density at radius 3 is 2.34 bits per heavy atom. The van der Waals surface area contributed by atoms with Gasteiger partial charge in [-0.25, -0.2) is 4.79 Å². The summed E-state index contributed by atoms with van der Waals surface area (Å²) in [6.45, 7) is 14.9. The highest BCUT2D eigenvalue weighted by Gasteiger charge is 2.37. The molecule has 2 aromatic carbocycles. The third kappa shape index (κ3) is 8.64. The number of aryl methyl sites for hydroxylation is 1. The first-order valence-corrected chi connectivity index (χ1v) is 12.9. The molecule has 0 heterocycles. The third-order valence-electron chi connectivity index (χ3n) is 6.17. The number of carbonyl (C=O) groups is 3. The predicted octanol–water partition coefficient (Wildman–Crippen LogP) is 5.01. The van der Waals surface area contributed by atoms with Crippen LogP contribution in [-0.4, -0.2) is 46.1 Å². The first-order chi connectivity index (χ1) is 17.9. The number of aromatic hydroxyl groups is 1. The Hall–Kier alpha value is -3.81. The number of ether oxygens (including phenoxy) is 1. The Kier molecular flexibility index (Phi) is 10.9. The maximum absolute atomic E-state index is 14.1. The number of amides is 3. The van der Waals surface area contributed by atoms with E-state index < -0.39 is 35.6 Å². The van der Waals surface area contributed by atoms with Gasteiger partial charge in [-0.1, -0.05) is 62.7 Å². The Labute approximate surface area is 226 Å². The summed E-state index contributed by atoms with van der Waals surface area (Å²) in [4.78, 5) is 41.8. The Balaban J connectivity index is 2.49. The summed E-state index contributed by atoms with van der Waals surface area (Å²) < 4.78 is 5.41. The number of nitrogens with zero attached hydrogens (tertiary/aromatic N) is 1. The first-order valence-electron chi connectivity index (χ1n) is 12.9. The fourth-order valence-corrected chi connectivity index (χ4v) is 3.96. The number of benzene rings is 2. The largest absolute Gasteiger partial charge is 0.508 e. The number of nitrogens with one attached hydrogen (secondary N) is 2. The van der Waals surface area contributed by atoms with Gasteiger partial charge >= 0.3 is 6.09 Å². The van der Waals surface area contributed by atoms with Crippen molar-refractivity contribution in [3.8, 4) is 5.75 Å². The summed E-state index contributed by atoms with van der Waals surface area (Å²) in [6, 6.07) is 12.3. The number of hydrogen-bond acceptors (Lipinski definition) is 5. The molecule has 0 aliphatic heterocycles. The average molecular weight is 524 g/mol. The molecular weight excluding hydrogens is 482 g/mol. The zero-order valence-corrected chi connectivity index (χ0v) is 23.3. The lowest BCUT2D eigenvalue weighted by Crippen LogP contribution is -2.55. The van der Waals surface area contributed by atoms with E-state index in [1.165, 1.54) is 11.0 Å². The standard InChI is InChI=1S/C30H41N3O5/c1-8-17-33(28(36)25(20(3)9-2)32-29(37)38-30(5,6)7)26(23-15-16-24(34)21(4)18-23)27(35)31-19-22-13-11-10-12-14-22/h8,10-16,18,20,25-26,34H,1,9,17,19H2,2-7H3,(H,31,35)(H,32,37). The molecule has 0 bridgehead atoms. The minimum Gasteiger partial charge on any atom is -0.508 e. The molecule has 0 aromatic heterocycles. The Morgan fingerprint density at radius 1 is 1.13 bits per heavy atom. The van der Waals surface area contributed by atoms with Gasteiger partial charge in [0.05, 0.1) is 0 Å².